The summed E-state index contributed by atoms with van der Waals surface area (Å²) in [5.41, 5.74) is -0.548. The number of carboxylic acids is 1. The molecule has 7 heteroatoms. The van der Waals surface area contributed by atoms with Crippen LogP contribution >= 0.6 is 0 Å². The van der Waals surface area contributed by atoms with Crippen LogP contribution in [-0.4, -0.2) is 34.1 Å². The van der Waals surface area contributed by atoms with Crippen LogP contribution < -0.4 is 4.90 Å². The molecule has 0 bridgehead atoms. The molecule has 0 atom stereocenters. The lowest BCUT2D eigenvalue weighted by molar-refractivity contribution is -0.385. The summed E-state index contributed by atoms with van der Waals surface area (Å²) in [6.45, 7) is 0.844. The highest BCUT2D eigenvalue weighted by Crippen LogP contribution is 2.32. The van der Waals surface area contributed by atoms with Gasteiger partial charge in [-0.25, -0.2) is 9.78 Å². The molecular formula is C13H13N3O4. The molecule has 0 unspecified atom stereocenters. The predicted molar refractivity (Wildman–Crippen MR) is 71.6 cm³/mol. The third-order valence-electron chi connectivity index (χ3n) is 3.05. The molecule has 1 fully saturated rings. The molecule has 0 aliphatic heterocycles. The standard InChI is InChI=1S/C13H13N3O4/c1-2-5-15(8-9-3-4-9)12-11(13(17)18)6-10(7-14-12)16(19)20/h1,6-7,9H,3-5,8H2,(H,17,18). The van der Waals surface area contributed by atoms with Crippen molar-refractivity contribution in [1.82, 2.24) is 4.98 Å². The molecule has 20 heavy (non-hydrogen) atoms. The van der Waals surface area contributed by atoms with Gasteiger partial charge in [0, 0.05) is 12.6 Å². The van der Waals surface area contributed by atoms with E-state index in [2.05, 4.69) is 10.9 Å². The minimum atomic E-state index is -1.26. The van der Waals surface area contributed by atoms with Crippen LogP contribution in [0.2, 0.25) is 0 Å². The van der Waals surface area contributed by atoms with E-state index in [0.29, 0.717) is 12.5 Å². The quantitative estimate of drug-likeness (QED) is 0.480. The number of carbonyl (C=O) groups is 1. The number of aromatic carboxylic acids is 1. The SMILES string of the molecule is C#CCN(CC1CC1)c1ncc([N+](=O)[O-])cc1C(=O)O. The molecule has 1 N–H and O–H groups in total. The summed E-state index contributed by atoms with van der Waals surface area (Å²) < 4.78 is 0. The number of hydrogen-bond donors (Lipinski definition) is 1. The summed E-state index contributed by atoms with van der Waals surface area (Å²) >= 11 is 0. The van der Waals surface area contributed by atoms with Crippen LogP contribution in [0.4, 0.5) is 11.5 Å². The fourth-order valence-corrected chi connectivity index (χ4v) is 1.90. The number of hydrogen-bond acceptors (Lipinski definition) is 5. The lowest BCUT2D eigenvalue weighted by atomic mass is 10.2. The topological polar surface area (TPSA) is 96.6 Å². The van der Waals surface area contributed by atoms with E-state index >= 15 is 0 Å². The van der Waals surface area contributed by atoms with Crippen LogP contribution in [0.1, 0.15) is 23.2 Å². The van der Waals surface area contributed by atoms with Gasteiger partial charge in [-0.2, -0.15) is 0 Å². The van der Waals surface area contributed by atoms with Crippen LogP contribution in [0.5, 0.6) is 0 Å². The van der Waals surface area contributed by atoms with Gasteiger partial charge in [0.05, 0.1) is 11.5 Å². The van der Waals surface area contributed by atoms with Crippen LogP contribution in [0.3, 0.4) is 0 Å². The fraction of sp³-hybridized carbons (Fsp3) is 0.385. The summed E-state index contributed by atoms with van der Waals surface area (Å²) in [5.74, 6) is 1.88. The Labute approximate surface area is 115 Å². The van der Waals surface area contributed by atoms with Gasteiger partial charge in [-0.1, -0.05) is 5.92 Å². The summed E-state index contributed by atoms with van der Waals surface area (Å²) in [4.78, 5) is 26.9. The first-order chi connectivity index (χ1) is 9.52. The van der Waals surface area contributed by atoms with E-state index in [1.54, 1.807) is 4.90 Å². The molecule has 0 aromatic carbocycles. The summed E-state index contributed by atoms with van der Waals surface area (Å²) in [5, 5.41) is 19.9. The van der Waals surface area contributed by atoms with Crippen molar-refractivity contribution in [2.24, 2.45) is 5.92 Å². The van der Waals surface area contributed by atoms with Gasteiger partial charge in [0.1, 0.15) is 17.6 Å². The number of anilines is 1. The highest BCUT2D eigenvalue weighted by atomic mass is 16.6. The van der Waals surface area contributed by atoms with Crippen LogP contribution in [-0.2, 0) is 0 Å². The van der Waals surface area contributed by atoms with Crippen molar-refractivity contribution < 1.29 is 14.8 Å². The van der Waals surface area contributed by atoms with Gasteiger partial charge < -0.3 is 10.0 Å². The number of rotatable bonds is 6. The van der Waals surface area contributed by atoms with E-state index in [9.17, 15) is 20.0 Å². The van der Waals surface area contributed by atoms with Gasteiger partial charge in [-0.3, -0.25) is 10.1 Å². The first kappa shape index (κ1) is 13.8. The molecule has 1 aromatic heterocycles. The molecule has 1 aliphatic rings. The Balaban J connectivity index is 2.38. The molecule has 1 heterocycles. The number of aromatic nitrogens is 1. The van der Waals surface area contributed by atoms with E-state index in [1.165, 1.54) is 0 Å². The maximum Gasteiger partial charge on any atom is 0.339 e. The van der Waals surface area contributed by atoms with E-state index in [1.807, 2.05) is 0 Å². The molecule has 104 valence electrons. The highest BCUT2D eigenvalue weighted by molar-refractivity contribution is 5.94. The average molecular weight is 275 g/mol. The number of nitrogens with zero attached hydrogens (tertiary/aromatic N) is 3. The van der Waals surface area contributed by atoms with Crippen molar-refractivity contribution in [2.75, 3.05) is 18.0 Å². The van der Waals surface area contributed by atoms with E-state index in [-0.39, 0.29) is 23.6 Å². The predicted octanol–water partition coefficient (Wildman–Crippen LogP) is 1.54. The molecule has 0 spiro atoms. The zero-order chi connectivity index (χ0) is 14.7. The molecule has 1 aliphatic carbocycles. The molecule has 0 saturated heterocycles. The third kappa shape index (κ3) is 3.03. The van der Waals surface area contributed by atoms with Crippen LogP contribution in [0.15, 0.2) is 12.3 Å². The second-order valence-electron chi connectivity index (χ2n) is 4.65. The fourth-order valence-electron chi connectivity index (χ4n) is 1.90. The number of pyridine rings is 1. The first-order valence-corrected chi connectivity index (χ1v) is 6.09. The normalized spacial score (nSPS) is 13.6. The number of nitro groups is 1. The van der Waals surface area contributed by atoms with Crippen molar-refractivity contribution >= 4 is 17.5 Å². The Morgan fingerprint density at radius 1 is 1.65 bits per heavy atom. The molecule has 2 rings (SSSR count). The summed E-state index contributed by atoms with van der Waals surface area (Å²) in [6, 6.07) is 1.01. The molecule has 7 nitrogen and oxygen atoms in total. The van der Waals surface area contributed by atoms with Crippen molar-refractivity contribution in [3.63, 3.8) is 0 Å². The zero-order valence-electron chi connectivity index (χ0n) is 10.7. The maximum atomic E-state index is 11.3. The maximum absolute atomic E-state index is 11.3. The Hall–Kier alpha value is -2.62. The second kappa shape index (κ2) is 5.57. The molecular weight excluding hydrogens is 262 g/mol. The van der Waals surface area contributed by atoms with Gasteiger partial charge in [0.2, 0.25) is 0 Å². The van der Waals surface area contributed by atoms with Crippen molar-refractivity contribution in [2.45, 2.75) is 12.8 Å². The summed E-state index contributed by atoms with van der Waals surface area (Å²) in [7, 11) is 0. The van der Waals surface area contributed by atoms with Crippen LogP contribution in [0.25, 0.3) is 0 Å². The lowest BCUT2D eigenvalue weighted by Gasteiger charge is -2.22. The van der Waals surface area contributed by atoms with Crippen molar-refractivity contribution in [1.29, 1.82) is 0 Å². The molecule has 1 aromatic rings. The first-order valence-electron chi connectivity index (χ1n) is 6.09. The Bertz CT molecular complexity index is 590. The number of terminal acetylenes is 1. The van der Waals surface area contributed by atoms with Gasteiger partial charge in [0.25, 0.3) is 5.69 Å². The van der Waals surface area contributed by atoms with E-state index < -0.39 is 10.9 Å². The minimum absolute atomic E-state index is 0.188. The lowest BCUT2D eigenvalue weighted by Crippen LogP contribution is -2.29. The van der Waals surface area contributed by atoms with Crippen molar-refractivity contribution in [3.8, 4) is 12.3 Å². The third-order valence-corrected chi connectivity index (χ3v) is 3.05. The van der Waals surface area contributed by atoms with Gasteiger partial charge in [0.15, 0.2) is 0 Å². The summed E-state index contributed by atoms with van der Waals surface area (Å²) in [6.07, 6.45) is 8.51. The highest BCUT2D eigenvalue weighted by Gasteiger charge is 2.27. The smallest absolute Gasteiger partial charge is 0.339 e. The van der Waals surface area contributed by atoms with Gasteiger partial charge >= 0.3 is 5.97 Å². The average Bonchev–Trinajstić information content (AvgIpc) is 3.21. The van der Waals surface area contributed by atoms with Crippen LogP contribution in [0, 0.1) is 28.4 Å². The van der Waals surface area contributed by atoms with Gasteiger partial charge in [-0.15, -0.1) is 6.42 Å². The van der Waals surface area contributed by atoms with Crippen molar-refractivity contribution in [3.05, 3.63) is 27.9 Å². The minimum Gasteiger partial charge on any atom is -0.478 e. The number of carboxylic acid groups (broad SMARTS) is 1. The Morgan fingerprint density at radius 3 is 2.85 bits per heavy atom. The Kier molecular flexibility index (Phi) is 3.84. The monoisotopic (exact) mass is 275 g/mol. The molecule has 0 radical (unpaired) electrons. The van der Waals surface area contributed by atoms with E-state index in [4.69, 9.17) is 6.42 Å². The van der Waals surface area contributed by atoms with E-state index in [0.717, 1.165) is 25.1 Å². The Morgan fingerprint density at radius 2 is 2.35 bits per heavy atom. The van der Waals surface area contributed by atoms with Gasteiger partial charge in [-0.05, 0) is 18.8 Å². The largest absolute Gasteiger partial charge is 0.478 e. The molecule has 0 amide bonds. The molecule has 1 saturated carbocycles. The zero-order valence-corrected chi connectivity index (χ0v) is 10.7. The second-order valence-corrected chi connectivity index (χ2v) is 4.65.